The number of nitrogens with zero attached hydrogens (tertiary/aromatic N) is 4. The number of methoxy groups -OCH3 is 1. The van der Waals surface area contributed by atoms with Crippen LogP contribution in [0.3, 0.4) is 0 Å². The number of fused-ring (bicyclic) bond motifs is 3. The van der Waals surface area contributed by atoms with E-state index in [1.807, 2.05) is 60.8 Å². The molecule has 0 saturated carbocycles. The lowest BCUT2D eigenvalue weighted by Crippen LogP contribution is -2.23. The lowest BCUT2D eigenvalue weighted by atomic mass is 10.1. The van der Waals surface area contributed by atoms with Crippen LogP contribution in [0.1, 0.15) is 18.7 Å². The summed E-state index contributed by atoms with van der Waals surface area (Å²) in [6.45, 7) is 2.13. The Balaban J connectivity index is 1.77. The van der Waals surface area contributed by atoms with Gasteiger partial charge in [-0.2, -0.15) is 0 Å². The van der Waals surface area contributed by atoms with Gasteiger partial charge in [-0.25, -0.2) is 9.97 Å². The van der Waals surface area contributed by atoms with Crippen molar-refractivity contribution < 1.29 is 4.74 Å². The molecule has 0 radical (unpaired) electrons. The monoisotopic (exact) mass is 395 g/mol. The summed E-state index contributed by atoms with van der Waals surface area (Å²) >= 11 is 0. The van der Waals surface area contributed by atoms with E-state index < -0.39 is 0 Å². The minimum Gasteiger partial charge on any atom is -0.496 e. The van der Waals surface area contributed by atoms with Crippen LogP contribution in [0.25, 0.3) is 21.9 Å². The van der Waals surface area contributed by atoms with Crippen LogP contribution in [0, 0.1) is 0 Å². The third-order valence-electron chi connectivity index (χ3n) is 5.34. The zero-order valence-corrected chi connectivity index (χ0v) is 16.8. The molecule has 1 atom stereocenters. The second-order valence-corrected chi connectivity index (χ2v) is 7.06. The molecule has 3 heterocycles. The van der Waals surface area contributed by atoms with Crippen LogP contribution >= 0.6 is 0 Å². The van der Waals surface area contributed by atoms with Gasteiger partial charge in [-0.15, -0.1) is 0 Å². The van der Waals surface area contributed by atoms with Gasteiger partial charge in [0.05, 0.1) is 29.7 Å². The van der Waals surface area contributed by atoms with Gasteiger partial charge in [0.15, 0.2) is 5.82 Å². The van der Waals surface area contributed by atoms with Crippen LogP contribution in [0.15, 0.2) is 79.3 Å². The van der Waals surface area contributed by atoms with Crippen LogP contribution in [0.2, 0.25) is 0 Å². The quantitative estimate of drug-likeness (QED) is 0.431. The number of hydrogen-bond donors (Lipinski definition) is 1. The molecular weight excluding hydrogens is 374 g/mol. The van der Waals surface area contributed by atoms with Crippen LogP contribution in [-0.4, -0.2) is 27.0 Å². The smallest absolute Gasteiger partial charge is 0.161 e. The van der Waals surface area contributed by atoms with Crippen LogP contribution in [0.4, 0.5) is 11.5 Å². The van der Waals surface area contributed by atoms with Crippen LogP contribution in [0.5, 0.6) is 5.75 Å². The zero-order chi connectivity index (χ0) is 20.5. The van der Waals surface area contributed by atoms with Gasteiger partial charge < -0.3 is 14.6 Å². The third kappa shape index (κ3) is 2.93. The molecule has 6 heteroatoms. The highest BCUT2D eigenvalue weighted by molar-refractivity contribution is 6.11. The van der Waals surface area contributed by atoms with E-state index in [0.717, 1.165) is 44.9 Å². The lowest BCUT2D eigenvalue weighted by molar-refractivity contribution is 0.420. The number of H-pyrrole nitrogens is 1. The number of rotatable bonds is 5. The Bertz CT molecular complexity index is 1300. The van der Waals surface area contributed by atoms with Gasteiger partial charge in [-0.05, 0) is 43.3 Å². The Morgan fingerprint density at radius 2 is 1.73 bits per heavy atom. The molecule has 0 saturated heterocycles. The summed E-state index contributed by atoms with van der Waals surface area (Å²) in [7, 11) is 1.68. The van der Waals surface area contributed by atoms with Crippen molar-refractivity contribution >= 4 is 33.4 Å². The van der Waals surface area contributed by atoms with E-state index in [4.69, 9.17) is 9.72 Å². The Morgan fingerprint density at radius 3 is 2.50 bits per heavy atom. The van der Waals surface area contributed by atoms with E-state index in [1.165, 1.54) is 0 Å². The van der Waals surface area contributed by atoms with Gasteiger partial charge in [-0.3, -0.25) is 4.98 Å². The number of hydrogen-bond acceptors (Lipinski definition) is 5. The molecule has 3 aromatic heterocycles. The van der Waals surface area contributed by atoms with Gasteiger partial charge in [0, 0.05) is 11.9 Å². The van der Waals surface area contributed by atoms with Crippen molar-refractivity contribution in [3.05, 3.63) is 84.9 Å². The Labute approximate surface area is 174 Å². The molecule has 5 rings (SSSR count). The number of para-hydroxylation sites is 1. The van der Waals surface area contributed by atoms with Crippen molar-refractivity contribution in [2.45, 2.75) is 13.0 Å². The molecule has 0 bridgehead atoms. The predicted octanol–water partition coefficient (Wildman–Crippen LogP) is 5.41. The largest absolute Gasteiger partial charge is 0.496 e. The molecule has 1 N–H and O–H groups in total. The molecule has 0 amide bonds. The minimum atomic E-state index is -0.0417. The SMILES string of the molecule is COc1cccc2[nH]c3c(N(c4ccccc4)C(C)c4ccccn4)ncnc3c12. The van der Waals surface area contributed by atoms with E-state index in [9.17, 15) is 0 Å². The fraction of sp³-hybridized carbons (Fsp3) is 0.125. The molecule has 0 aliphatic heterocycles. The summed E-state index contributed by atoms with van der Waals surface area (Å²) in [6, 6.07) is 22.1. The van der Waals surface area contributed by atoms with Crippen molar-refractivity contribution in [3.63, 3.8) is 0 Å². The van der Waals surface area contributed by atoms with Crippen molar-refractivity contribution in [2.75, 3.05) is 12.0 Å². The summed E-state index contributed by atoms with van der Waals surface area (Å²) in [4.78, 5) is 19.6. The maximum Gasteiger partial charge on any atom is 0.161 e. The number of benzene rings is 2. The Morgan fingerprint density at radius 1 is 0.900 bits per heavy atom. The molecule has 0 fully saturated rings. The lowest BCUT2D eigenvalue weighted by Gasteiger charge is -2.30. The Kier molecular flexibility index (Phi) is 4.52. The molecular formula is C24H21N5O. The van der Waals surface area contributed by atoms with Crippen molar-refractivity contribution in [2.24, 2.45) is 0 Å². The number of nitrogens with one attached hydrogen (secondary N) is 1. The van der Waals surface area contributed by atoms with Gasteiger partial charge in [-0.1, -0.05) is 30.3 Å². The maximum atomic E-state index is 5.59. The summed E-state index contributed by atoms with van der Waals surface area (Å²) < 4.78 is 5.59. The first-order chi connectivity index (χ1) is 14.8. The van der Waals surface area contributed by atoms with Crippen LogP contribution in [-0.2, 0) is 0 Å². The zero-order valence-electron chi connectivity index (χ0n) is 16.8. The highest BCUT2D eigenvalue weighted by Gasteiger charge is 2.24. The first-order valence-electron chi connectivity index (χ1n) is 9.82. The van der Waals surface area contributed by atoms with Gasteiger partial charge in [0.25, 0.3) is 0 Å². The summed E-state index contributed by atoms with van der Waals surface area (Å²) in [5.41, 5.74) is 4.65. The molecule has 2 aromatic carbocycles. The van der Waals surface area contributed by atoms with E-state index in [1.54, 1.807) is 13.4 Å². The first-order valence-corrected chi connectivity index (χ1v) is 9.82. The standard InChI is InChI=1S/C24H21N5O/c1-16(18-11-6-7-14-25-18)29(17-9-4-3-5-10-17)24-23-22(26-15-27-24)21-19(28-23)12-8-13-20(21)30-2/h3-16,28H,1-2H3. The van der Waals surface area contributed by atoms with Crippen molar-refractivity contribution in [3.8, 4) is 5.75 Å². The molecule has 0 aliphatic carbocycles. The van der Waals surface area contributed by atoms with Gasteiger partial charge >= 0.3 is 0 Å². The van der Waals surface area contributed by atoms with Gasteiger partial charge in [0.2, 0.25) is 0 Å². The molecule has 0 spiro atoms. The highest BCUT2D eigenvalue weighted by atomic mass is 16.5. The van der Waals surface area contributed by atoms with Crippen molar-refractivity contribution in [1.82, 2.24) is 19.9 Å². The van der Waals surface area contributed by atoms with Crippen LogP contribution < -0.4 is 9.64 Å². The molecule has 30 heavy (non-hydrogen) atoms. The molecule has 148 valence electrons. The first kappa shape index (κ1) is 18.1. The number of aromatic amines is 1. The minimum absolute atomic E-state index is 0.0417. The predicted molar refractivity (Wildman–Crippen MR) is 119 cm³/mol. The van der Waals surface area contributed by atoms with E-state index >= 15 is 0 Å². The van der Waals surface area contributed by atoms with E-state index in [0.29, 0.717) is 0 Å². The topological polar surface area (TPSA) is 66.9 Å². The Hall–Kier alpha value is -3.93. The number of ether oxygens (including phenoxy) is 1. The second kappa shape index (κ2) is 7.48. The van der Waals surface area contributed by atoms with Crippen molar-refractivity contribution in [1.29, 1.82) is 0 Å². The fourth-order valence-electron chi connectivity index (χ4n) is 3.92. The second-order valence-electron chi connectivity index (χ2n) is 7.06. The molecule has 0 aliphatic rings. The number of pyridine rings is 1. The summed E-state index contributed by atoms with van der Waals surface area (Å²) in [6.07, 6.45) is 3.43. The molecule has 6 nitrogen and oxygen atoms in total. The average Bonchev–Trinajstić information content (AvgIpc) is 3.20. The summed E-state index contributed by atoms with van der Waals surface area (Å²) in [5.74, 6) is 1.58. The normalized spacial score (nSPS) is 12.2. The van der Waals surface area contributed by atoms with Gasteiger partial charge in [0.1, 0.15) is 23.1 Å². The van der Waals surface area contributed by atoms with E-state index in [-0.39, 0.29) is 6.04 Å². The highest BCUT2D eigenvalue weighted by Crippen LogP contribution is 2.39. The molecule has 1 unspecified atom stereocenters. The average molecular weight is 395 g/mol. The molecule has 5 aromatic rings. The number of anilines is 2. The fourth-order valence-corrected chi connectivity index (χ4v) is 3.92. The van der Waals surface area contributed by atoms with E-state index in [2.05, 4.69) is 38.9 Å². The third-order valence-corrected chi connectivity index (χ3v) is 5.34. The summed E-state index contributed by atoms with van der Waals surface area (Å²) in [5, 5.41) is 0.956. The maximum absolute atomic E-state index is 5.59. The number of aromatic nitrogens is 4.